The Labute approximate surface area is 133 Å². The smallest absolute Gasteiger partial charge is 0.263 e. The van der Waals surface area contributed by atoms with Crippen LogP contribution < -0.4 is 16.0 Å². The van der Waals surface area contributed by atoms with Crippen molar-refractivity contribution in [3.8, 4) is 11.5 Å². The molecule has 3 rings (SSSR count). The van der Waals surface area contributed by atoms with Gasteiger partial charge in [0.15, 0.2) is 5.82 Å². The number of para-hydroxylation sites is 1. The van der Waals surface area contributed by atoms with Gasteiger partial charge >= 0.3 is 0 Å². The monoisotopic (exact) mass is 308 g/mol. The lowest BCUT2D eigenvalue weighted by molar-refractivity contribution is 0.482. The van der Waals surface area contributed by atoms with Gasteiger partial charge in [-0.2, -0.15) is 5.10 Å². The molecule has 3 N–H and O–H groups in total. The summed E-state index contributed by atoms with van der Waals surface area (Å²) < 4.78 is 7.10. The second-order valence-electron chi connectivity index (χ2n) is 4.80. The summed E-state index contributed by atoms with van der Waals surface area (Å²) >= 11 is 0. The van der Waals surface area contributed by atoms with Crippen LogP contribution in [-0.4, -0.2) is 21.1 Å². The van der Waals surface area contributed by atoms with E-state index in [4.69, 9.17) is 10.6 Å². The lowest BCUT2D eigenvalue weighted by Crippen LogP contribution is -2.13. The number of benzene rings is 2. The van der Waals surface area contributed by atoms with E-state index in [0.29, 0.717) is 11.8 Å². The molecule has 1 heterocycles. The van der Waals surface area contributed by atoms with E-state index in [-0.39, 0.29) is 0 Å². The molecule has 0 aliphatic carbocycles. The van der Waals surface area contributed by atoms with Crippen molar-refractivity contribution < 1.29 is 4.74 Å². The first-order chi connectivity index (χ1) is 11.2. The van der Waals surface area contributed by atoms with Crippen molar-refractivity contribution >= 4 is 12.2 Å². The van der Waals surface area contributed by atoms with Crippen LogP contribution in [0, 0.1) is 6.92 Å². The van der Waals surface area contributed by atoms with Gasteiger partial charge < -0.3 is 10.6 Å². The largest absolute Gasteiger partial charge is 0.457 e. The summed E-state index contributed by atoms with van der Waals surface area (Å²) in [5.74, 6) is 8.21. The molecule has 1 aromatic heterocycles. The lowest BCUT2D eigenvalue weighted by atomic mass is 10.2. The van der Waals surface area contributed by atoms with E-state index in [1.807, 2.05) is 54.6 Å². The zero-order chi connectivity index (χ0) is 16.1. The van der Waals surface area contributed by atoms with Crippen LogP contribution in [0.2, 0.25) is 0 Å². The Hall–Kier alpha value is -3.35. The van der Waals surface area contributed by atoms with E-state index in [9.17, 15) is 0 Å². The van der Waals surface area contributed by atoms with Gasteiger partial charge in [0.05, 0.1) is 6.21 Å². The predicted molar refractivity (Wildman–Crippen MR) is 89.1 cm³/mol. The highest BCUT2D eigenvalue weighted by molar-refractivity contribution is 5.80. The maximum atomic E-state index is 5.78. The van der Waals surface area contributed by atoms with Crippen molar-refractivity contribution in [1.29, 1.82) is 0 Å². The highest BCUT2D eigenvalue weighted by atomic mass is 16.5. The maximum Gasteiger partial charge on any atom is 0.263 e. The molecule has 2 aromatic carbocycles. The van der Waals surface area contributed by atoms with Gasteiger partial charge in [-0.25, -0.2) is 10.1 Å². The van der Waals surface area contributed by atoms with E-state index in [0.717, 1.165) is 17.1 Å². The van der Waals surface area contributed by atoms with Crippen LogP contribution >= 0.6 is 0 Å². The average molecular weight is 308 g/mol. The second kappa shape index (κ2) is 6.61. The van der Waals surface area contributed by atoms with Crippen LogP contribution in [0.15, 0.2) is 59.7 Å². The van der Waals surface area contributed by atoms with E-state index in [2.05, 4.69) is 20.7 Å². The van der Waals surface area contributed by atoms with E-state index < -0.39 is 0 Å². The predicted octanol–water partition coefficient (Wildman–Crippen LogP) is 2.54. The fraction of sp³-hybridized carbons (Fsp3) is 0.0625. The number of aryl methyl sites for hydroxylation is 1. The zero-order valence-electron chi connectivity index (χ0n) is 12.5. The minimum Gasteiger partial charge on any atom is -0.457 e. The topological polar surface area (TPSA) is 90.4 Å². The van der Waals surface area contributed by atoms with Crippen molar-refractivity contribution in [3.63, 3.8) is 0 Å². The molecule has 0 atom stereocenters. The van der Waals surface area contributed by atoms with E-state index >= 15 is 0 Å². The Morgan fingerprint density at radius 1 is 1.09 bits per heavy atom. The highest BCUT2D eigenvalue weighted by Gasteiger charge is 2.03. The number of ether oxygens (including phenoxy) is 1. The number of rotatable bonds is 5. The first-order valence-corrected chi connectivity index (χ1v) is 7.01. The van der Waals surface area contributed by atoms with Gasteiger partial charge in [-0.3, -0.25) is 0 Å². The van der Waals surface area contributed by atoms with Crippen molar-refractivity contribution in [3.05, 3.63) is 66.0 Å². The molecule has 0 bridgehead atoms. The number of aromatic nitrogens is 3. The van der Waals surface area contributed by atoms with E-state index in [1.165, 1.54) is 4.68 Å². The Bertz CT molecular complexity index is 812. The molecular formula is C16H16N6O. The Kier molecular flexibility index (Phi) is 4.19. The third-order valence-corrected chi connectivity index (χ3v) is 3.08. The second-order valence-corrected chi connectivity index (χ2v) is 4.80. The van der Waals surface area contributed by atoms with Crippen LogP contribution in [0.3, 0.4) is 0 Å². The molecule has 0 radical (unpaired) electrons. The summed E-state index contributed by atoms with van der Waals surface area (Å²) in [6.07, 6.45) is 1.65. The summed E-state index contributed by atoms with van der Waals surface area (Å²) in [6, 6.07) is 17.2. The molecule has 0 spiro atoms. The SMILES string of the molecule is Cc1nnc(N/N=C/c2cccc(Oc3ccccc3)c2)n1N. The number of nitrogens with one attached hydrogen (secondary N) is 1. The summed E-state index contributed by atoms with van der Waals surface area (Å²) in [4.78, 5) is 0. The molecule has 0 unspecified atom stereocenters. The van der Waals surface area contributed by atoms with Crippen LogP contribution in [0.5, 0.6) is 11.5 Å². The average Bonchev–Trinajstić information content (AvgIpc) is 2.88. The third kappa shape index (κ3) is 3.65. The molecule has 0 aliphatic heterocycles. The van der Waals surface area contributed by atoms with Crippen LogP contribution in [-0.2, 0) is 0 Å². The molecule has 0 saturated carbocycles. The number of hydrogen-bond donors (Lipinski definition) is 2. The van der Waals surface area contributed by atoms with Crippen molar-refractivity contribution in [2.45, 2.75) is 6.92 Å². The molecule has 7 nitrogen and oxygen atoms in total. The Morgan fingerprint density at radius 3 is 2.61 bits per heavy atom. The number of hydrazone groups is 1. The first kappa shape index (κ1) is 14.6. The fourth-order valence-corrected chi connectivity index (χ4v) is 1.89. The van der Waals surface area contributed by atoms with Gasteiger partial charge in [0.2, 0.25) is 0 Å². The maximum absolute atomic E-state index is 5.78. The number of nitrogen functional groups attached to an aromatic ring is 1. The minimum atomic E-state index is 0.371. The Morgan fingerprint density at radius 2 is 1.87 bits per heavy atom. The Balaban J connectivity index is 1.67. The van der Waals surface area contributed by atoms with Gasteiger partial charge in [-0.15, -0.1) is 10.2 Å². The molecule has 0 saturated heterocycles. The van der Waals surface area contributed by atoms with Gasteiger partial charge in [-0.05, 0) is 36.8 Å². The molecular weight excluding hydrogens is 292 g/mol. The van der Waals surface area contributed by atoms with Gasteiger partial charge in [0.25, 0.3) is 5.95 Å². The first-order valence-electron chi connectivity index (χ1n) is 7.01. The normalized spacial score (nSPS) is 10.8. The molecule has 3 aromatic rings. The van der Waals surface area contributed by atoms with E-state index in [1.54, 1.807) is 13.1 Å². The van der Waals surface area contributed by atoms with Crippen molar-refractivity contribution in [2.75, 3.05) is 11.3 Å². The number of hydrogen-bond acceptors (Lipinski definition) is 6. The summed E-state index contributed by atoms with van der Waals surface area (Å²) in [5.41, 5.74) is 3.62. The van der Waals surface area contributed by atoms with Gasteiger partial charge in [0, 0.05) is 0 Å². The standard InChI is InChI=1S/C16H16N6O/c1-12-19-21-16(22(12)17)20-18-11-13-6-5-9-15(10-13)23-14-7-3-2-4-8-14/h2-11H,17H2,1H3,(H,20,21)/b18-11+. The van der Waals surface area contributed by atoms with Crippen molar-refractivity contribution in [1.82, 2.24) is 14.9 Å². The molecule has 0 fully saturated rings. The molecule has 0 aliphatic rings. The van der Waals surface area contributed by atoms with Gasteiger partial charge in [0.1, 0.15) is 11.5 Å². The summed E-state index contributed by atoms with van der Waals surface area (Å²) in [5, 5.41) is 11.8. The van der Waals surface area contributed by atoms with Crippen molar-refractivity contribution in [2.24, 2.45) is 5.10 Å². The number of nitrogens with zero attached hydrogens (tertiary/aromatic N) is 4. The quantitative estimate of drug-likeness (QED) is 0.429. The summed E-state index contributed by atoms with van der Waals surface area (Å²) in [6.45, 7) is 1.76. The fourth-order valence-electron chi connectivity index (χ4n) is 1.89. The van der Waals surface area contributed by atoms with Crippen LogP contribution in [0.1, 0.15) is 11.4 Å². The van der Waals surface area contributed by atoms with Crippen LogP contribution in [0.25, 0.3) is 0 Å². The van der Waals surface area contributed by atoms with Gasteiger partial charge in [-0.1, -0.05) is 30.3 Å². The third-order valence-electron chi connectivity index (χ3n) is 3.08. The lowest BCUT2D eigenvalue weighted by Gasteiger charge is -2.05. The number of anilines is 1. The molecule has 23 heavy (non-hydrogen) atoms. The molecule has 7 heteroatoms. The molecule has 0 amide bonds. The summed E-state index contributed by atoms with van der Waals surface area (Å²) in [7, 11) is 0. The minimum absolute atomic E-state index is 0.371. The van der Waals surface area contributed by atoms with Crippen LogP contribution in [0.4, 0.5) is 5.95 Å². The molecule has 116 valence electrons. The highest BCUT2D eigenvalue weighted by Crippen LogP contribution is 2.21. The number of nitrogens with two attached hydrogens (primary N) is 1. The zero-order valence-corrected chi connectivity index (χ0v) is 12.5.